The first-order chi connectivity index (χ1) is 12.7. The van der Waals surface area contributed by atoms with Gasteiger partial charge in [-0.15, -0.1) is 0 Å². The van der Waals surface area contributed by atoms with Crippen molar-refractivity contribution >= 4 is 32.8 Å². The molecule has 7 heteroatoms. The van der Waals surface area contributed by atoms with Gasteiger partial charge in [0.15, 0.2) is 0 Å². The lowest BCUT2D eigenvalue weighted by Gasteiger charge is -2.21. The predicted molar refractivity (Wildman–Crippen MR) is 106 cm³/mol. The molecule has 3 aromatic rings. The number of aromatic amines is 1. The molecule has 0 spiro atoms. The summed E-state index contributed by atoms with van der Waals surface area (Å²) in [6.45, 7) is 4.31. The van der Waals surface area contributed by atoms with Crippen LogP contribution in [0.25, 0.3) is 11.0 Å². The summed E-state index contributed by atoms with van der Waals surface area (Å²) in [4.78, 5) is 23.5. The smallest absolute Gasteiger partial charge is 0.142 e. The van der Waals surface area contributed by atoms with Gasteiger partial charge in [0.1, 0.15) is 23.6 Å². The van der Waals surface area contributed by atoms with Gasteiger partial charge in [0.25, 0.3) is 0 Å². The molecular formula is C19H23BrN6. The summed E-state index contributed by atoms with van der Waals surface area (Å²) in [5.41, 5.74) is 0.908. The molecule has 136 valence electrons. The Bertz CT molecular complexity index is 862. The van der Waals surface area contributed by atoms with E-state index >= 15 is 0 Å². The molecule has 0 radical (unpaired) electrons. The lowest BCUT2D eigenvalue weighted by molar-refractivity contribution is 0.433. The highest BCUT2D eigenvalue weighted by molar-refractivity contribution is 9.10. The fraction of sp³-hybridized carbons (Fsp3) is 0.474. The Kier molecular flexibility index (Phi) is 5.15. The molecule has 4 rings (SSSR count). The van der Waals surface area contributed by atoms with Crippen LogP contribution in [-0.2, 0) is 0 Å². The molecule has 0 saturated carbocycles. The van der Waals surface area contributed by atoms with Gasteiger partial charge in [0.05, 0.1) is 9.86 Å². The van der Waals surface area contributed by atoms with E-state index in [0.717, 1.165) is 59.5 Å². The lowest BCUT2D eigenvalue weighted by Crippen LogP contribution is -2.22. The summed E-state index contributed by atoms with van der Waals surface area (Å²) in [5.74, 6) is 3.09. The predicted octanol–water partition coefficient (Wildman–Crippen LogP) is 4.31. The molecule has 0 bridgehead atoms. The van der Waals surface area contributed by atoms with E-state index in [1.54, 1.807) is 6.33 Å². The van der Waals surface area contributed by atoms with Crippen LogP contribution >= 0.6 is 15.9 Å². The van der Waals surface area contributed by atoms with Crippen molar-refractivity contribution < 1.29 is 0 Å². The SMILES string of the molecule is CCCC(CC1CCN(c2ncnc3[nH]ccc23)C1)c1ncc(Br)cn1. The minimum Gasteiger partial charge on any atom is -0.356 e. The third kappa shape index (κ3) is 3.58. The van der Waals surface area contributed by atoms with E-state index in [0.29, 0.717) is 11.8 Å². The summed E-state index contributed by atoms with van der Waals surface area (Å²) in [6.07, 6.45) is 11.9. The van der Waals surface area contributed by atoms with Crippen molar-refractivity contribution in [3.05, 3.63) is 41.3 Å². The second-order valence-corrected chi connectivity index (χ2v) is 7.93. The summed E-state index contributed by atoms with van der Waals surface area (Å²) in [6, 6.07) is 2.06. The van der Waals surface area contributed by atoms with Crippen molar-refractivity contribution in [2.75, 3.05) is 18.0 Å². The van der Waals surface area contributed by atoms with E-state index in [2.05, 4.69) is 58.7 Å². The van der Waals surface area contributed by atoms with Crippen LogP contribution in [0.3, 0.4) is 0 Å². The number of hydrogen-bond donors (Lipinski definition) is 1. The Hall–Kier alpha value is -2.02. The largest absolute Gasteiger partial charge is 0.356 e. The number of hydrogen-bond acceptors (Lipinski definition) is 5. The number of aromatic nitrogens is 5. The Labute approximate surface area is 161 Å². The van der Waals surface area contributed by atoms with Gasteiger partial charge in [-0.25, -0.2) is 19.9 Å². The maximum atomic E-state index is 4.55. The molecule has 0 aromatic carbocycles. The normalized spacial score (nSPS) is 18.5. The third-order valence-corrected chi connectivity index (χ3v) is 5.59. The Morgan fingerprint density at radius 1 is 1.27 bits per heavy atom. The highest BCUT2D eigenvalue weighted by atomic mass is 79.9. The number of halogens is 1. The molecule has 1 aliphatic rings. The van der Waals surface area contributed by atoms with Crippen LogP contribution in [0.15, 0.2) is 35.5 Å². The molecule has 1 fully saturated rings. The lowest BCUT2D eigenvalue weighted by atomic mass is 9.90. The summed E-state index contributed by atoms with van der Waals surface area (Å²) in [7, 11) is 0. The average molecular weight is 415 g/mol. The zero-order valence-electron chi connectivity index (χ0n) is 14.9. The van der Waals surface area contributed by atoms with Gasteiger partial charge in [-0.05, 0) is 47.2 Å². The molecule has 4 heterocycles. The Morgan fingerprint density at radius 2 is 2.12 bits per heavy atom. The summed E-state index contributed by atoms with van der Waals surface area (Å²) < 4.78 is 0.933. The second-order valence-electron chi connectivity index (χ2n) is 7.02. The number of rotatable bonds is 6. The van der Waals surface area contributed by atoms with Crippen molar-refractivity contribution in [1.29, 1.82) is 0 Å². The van der Waals surface area contributed by atoms with Gasteiger partial charge in [0, 0.05) is 37.6 Å². The van der Waals surface area contributed by atoms with E-state index in [-0.39, 0.29) is 0 Å². The molecule has 2 unspecified atom stereocenters. The van der Waals surface area contributed by atoms with Crippen molar-refractivity contribution in [3.63, 3.8) is 0 Å². The zero-order chi connectivity index (χ0) is 17.9. The number of anilines is 1. The maximum Gasteiger partial charge on any atom is 0.142 e. The molecule has 26 heavy (non-hydrogen) atoms. The second kappa shape index (κ2) is 7.70. The van der Waals surface area contributed by atoms with Gasteiger partial charge in [0.2, 0.25) is 0 Å². The van der Waals surface area contributed by atoms with Gasteiger partial charge in [-0.2, -0.15) is 0 Å². The van der Waals surface area contributed by atoms with Crippen molar-refractivity contribution in [1.82, 2.24) is 24.9 Å². The monoisotopic (exact) mass is 414 g/mol. The Morgan fingerprint density at radius 3 is 2.92 bits per heavy atom. The van der Waals surface area contributed by atoms with E-state index in [1.165, 1.54) is 6.42 Å². The minimum absolute atomic E-state index is 0.427. The minimum atomic E-state index is 0.427. The van der Waals surface area contributed by atoms with E-state index in [4.69, 9.17) is 0 Å². The van der Waals surface area contributed by atoms with Crippen molar-refractivity contribution in [2.24, 2.45) is 5.92 Å². The molecule has 0 amide bonds. The zero-order valence-corrected chi connectivity index (χ0v) is 16.5. The quantitative estimate of drug-likeness (QED) is 0.650. The molecule has 3 aromatic heterocycles. The van der Waals surface area contributed by atoms with Gasteiger partial charge in [-0.3, -0.25) is 0 Å². The first-order valence-corrected chi connectivity index (χ1v) is 10.0. The van der Waals surface area contributed by atoms with Crippen molar-refractivity contribution in [2.45, 2.75) is 38.5 Å². The molecular weight excluding hydrogens is 392 g/mol. The highest BCUT2D eigenvalue weighted by Gasteiger charge is 2.28. The maximum absolute atomic E-state index is 4.55. The Balaban J connectivity index is 1.47. The van der Waals surface area contributed by atoms with Crippen molar-refractivity contribution in [3.8, 4) is 0 Å². The first kappa shape index (κ1) is 17.4. The summed E-state index contributed by atoms with van der Waals surface area (Å²) in [5, 5.41) is 1.11. The fourth-order valence-corrected chi connectivity index (χ4v) is 4.17. The van der Waals surface area contributed by atoms with E-state index in [1.807, 2.05) is 18.6 Å². The molecule has 1 saturated heterocycles. The van der Waals surface area contributed by atoms with Crippen LogP contribution in [0.2, 0.25) is 0 Å². The van der Waals surface area contributed by atoms with E-state index < -0.39 is 0 Å². The van der Waals surface area contributed by atoms with Gasteiger partial charge >= 0.3 is 0 Å². The molecule has 6 nitrogen and oxygen atoms in total. The fourth-order valence-electron chi connectivity index (χ4n) is 3.96. The molecule has 0 aliphatic carbocycles. The number of H-pyrrole nitrogens is 1. The average Bonchev–Trinajstić information content (AvgIpc) is 3.31. The van der Waals surface area contributed by atoms with Crippen LogP contribution in [0, 0.1) is 5.92 Å². The van der Waals surface area contributed by atoms with Crippen LogP contribution < -0.4 is 4.90 Å². The third-order valence-electron chi connectivity index (χ3n) is 5.18. The number of nitrogens with zero attached hydrogens (tertiary/aromatic N) is 5. The standard InChI is InChI=1S/C19H23BrN6/c1-2-3-14(17-22-9-15(20)10-23-17)8-13-5-7-26(11-13)19-16-4-6-21-18(16)24-12-25-19/h4,6,9-10,12-14H,2-3,5,7-8,11H2,1H3,(H,21,24,25). The van der Waals surface area contributed by atoms with Crippen LogP contribution in [0.4, 0.5) is 5.82 Å². The van der Waals surface area contributed by atoms with Crippen LogP contribution in [-0.4, -0.2) is 38.0 Å². The van der Waals surface area contributed by atoms with Gasteiger partial charge < -0.3 is 9.88 Å². The number of nitrogens with one attached hydrogen (secondary N) is 1. The number of fused-ring (bicyclic) bond motifs is 1. The molecule has 2 atom stereocenters. The van der Waals surface area contributed by atoms with Gasteiger partial charge in [-0.1, -0.05) is 13.3 Å². The van der Waals surface area contributed by atoms with Crippen LogP contribution in [0.1, 0.15) is 44.3 Å². The molecule has 1 aliphatic heterocycles. The summed E-state index contributed by atoms with van der Waals surface area (Å²) >= 11 is 3.43. The topological polar surface area (TPSA) is 70.6 Å². The first-order valence-electron chi connectivity index (χ1n) is 9.25. The van der Waals surface area contributed by atoms with Crippen LogP contribution in [0.5, 0.6) is 0 Å². The highest BCUT2D eigenvalue weighted by Crippen LogP contribution is 2.34. The molecule has 1 N–H and O–H groups in total. The van der Waals surface area contributed by atoms with E-state index in [9.17, 15) is 0 Å².